The monoisotopic (exact) mass is 389 g/mol. The van der Waals surface area contributed by atoms with Crippen molar-refractivity contribution >= 4 is 23.5 Å². The maximum absolute atomic E-state index is 13.0. The Morgan fingerprint density at radius 1 is 0.966 bits per heavy atom. The number of esters is 1. The van der Waals surface area contributed by atoms with Gasteiger partial charge in [-0.15, -0.1) is 0 Å². The lowest BCUT2D eigenvalue weighted by molar-refractivity contribution is -0.123. The molecule has 4 atom stereocenters. The third-order valence-corrected chi connectivity index (χ3v) is 7.03. The van der Waals surface area contributed by atoms with E-state index in [1.54, 1.807) is 30.3 Å². The summed E-state index contributed by atoms with van der Waals surface area (Å²) in [4.78, 5) is 40.1. The minimum atomic E-state index is -0.500. The molecule has 1 aliphatic heterocycles. The van der Waals surface area contributed by atoms with E-state index in [2.05, 4.69) is 0 Å². The van der Waals surface area contributed by atoms with E-state index in [1.165, 1.54) is 4.90 Å². The first kappa shape index (κ1) is 18.1. The number of benzene rings is 2. The number of amides is 2. The standard InChI is InChI=1S/C24H23NO4/c1-13-5-3-8-19(14(13)2)29-24(28)17-6-4-7-18(12-17)25-22(26)20-15-9-10-16(11-15)21(20)23(25)27/h3-8,12,15-16,20-21H,9-11H2,1-2H3/t15-,16-,20+,21+/m0/s1. The van der Waals surface area contributed by atoms with Gasteiger partial charge in [0.2, 0.25) is 11.8 Å². The van der Waals surface area contributed by atoms with Crippen LogP contribution in [0.1, 0.15) is 40.7 Å². The first-order valence-corrected chi connectivity index (χ1v) is 10.2. The molecule has 5 rings (SSSR count). The van der Waals surface area contributed by atoms with Crippen LogP contribution in [0.4, 0.5) is 5.69 Å². The van der Waals surface area contributed by atoms with Gasteiger partial charge >= 0.3 is 5.97 Å². The van der Waals surface area contributed by atoms with Crippen LogP contribution in [0.15, 0.2) is 42.5 Å². The first-order chi connectivity index (χ1) is 14.0. The van der Waals surface area contributed by atoms with Crippen molar-refractivity contribution < 1.29 is 19.1 Å². The third kappa shape index (κ3) is 2.71. The molecule has 148 valence electrons. The zero-order valence-corrected chi connectivity index (χ0v) is 16.6. The van der Waals surface area contributed by atoms with E-state index < -0.39 is 5.97 Å². The highest BCUT2D eigenvalue weighted by Crippen LogP contribution is 2.56. The molecule has 2 aromatic carbocycles. The number of carbonyl (C=O) groups is 3. The van der Waals surface area contributed by atoms with Crippen LogP contribution in [0.5, 0.6) is 5.75 Å². The fraction of sp³-hybridized carbons (Fsp3) is 0.375. The Morgan fingerprint density at radius 3 is 2.31 bits per heavy atom. The second kappa shape index (κ2) is 6.55. The summed E-state index contributed by atoms with van der Waals surface area (Å²) in [5.41, 5.74) is 2.73. The molecule has 0 radical (unpaired) electrons. The van der Waals surface area contributed by atoms with Crippen molar-refractivity contribution in [3.8, 4) is 5.75 Å². The van der Waals surface area contributed by atoms with E-state index in [4.69, 9.17) is 4.74 Å². The molecule has 2 saturated carbocycles. The lowest BCUT2D eigenvalue weighted by Crippen LogP contribution is -2.32. The molecule has 0 unspecified atom stereocenters. The molecule has 0 aromatic heterocycles. The topological polar surface area (TPSA) is 63.7 Å². The van der Waals surface area contributed by atoms with Gasteiger partial charge in [0.1, 0.15) is 5.75 Å². The van der Waals surface area contributed by atoms with Crippen molar-refractivity contribution in [3.05, 3.63) is 59.2 Å². The van der Waals surface area contributed by atoms with E-state index in [0.29, 0.717) is 28.8 Å². The fourth-order valence-corrected chi connectivity index (χ4v) is 5.43. The van der Waals surface area contributed by atoms with Crippen LogP contribution < -0.4 is 9.64 Å². The molecular weight excluding hydrogens is 366 g/mol. The number of hydrogen-bond donors (Lipinski definition) is 0. The van der Waals surface area contributed by atoms with Crippen molar-refractivity contribution in [2.24, 2.45) is 23.7 Å². The van der Waals surface area contributed by atoms with Gasteiger partial charge in [-0.2, -0.15) is 0 Å². The second-order valence-electron chi connectivity index (χ2n) is 8.53. The van der Waals surface area contributed by atoms with Gasteiger partial charge in [-0.1, -0.05) is 18.2 Å². The Kier molecular flexibility index (Phi) is 4.09. The van der Waals surface area contributed by atoms with Crippen LogP contribution >= 0.6 is 0 Å². The summed E-state index contributed by atoms with van der Waals surface area (Å²) in [6.45, 7) is 3.87. The second-order valence-corrected chi connectivity index (χ2v) is 8.53. The molecule has 0 spiro atoms. The average Bonchev–Trinajstić information content (AvgIpc) is 3.39. The summed E-state index contributed by atoms with van der Waals surface area (Å²) >= 11 is 0. The number of aryl methyl sites for hydroxylation is 1. The summed E-state index contributed by atoms with van der Waals surface area (Å²) in [5.74, 6) is 0.130. The molecule has 2 amide bonds. The Balaban J connectivity index is 1.42. The molecule has 0 N–H and O–H groups in total. The van der Waals surface area contributed by atoms with Crippen LogP contribution in [0, 0.1) is 37.5 Å². The summed E-state index contributed by atoms with van der Waals surface area (Å²) in [7, 11) is 0. The molecule has 1 saturated heterocycles. The van der Waals surface area contributed by atoms with Crippen LogP contribution in [0.3, 0.4) is 0 Å². The molecule has 1 heterocycles. The van der Waals surface area contributed by atoms with Crippen molar-refractivity contribution in [2.45, 2.75) is 33.1 Å². The van der Waals surface area contributed by atoms with Crippen LogP contribution in [0.2, 0.25) is 0 Å². The Morgan fingerprint density at radius 2 is 1.62 bits per heavy atom. The third-order valence-electron chi connectivity index (χ3n) is 7.03. The van der Waals surface area contributed by atoms with Gasteiger partial charge in [0.25, 0.3) is 0 Å². The Bertz CT molecular complexity index is 1010. The molecule has 5 heteroatoms. The highest BCUT2D eigenvalue weighted by atomic mass is 16.5. The van der Waals surface area contributed by atoms with Gasteiger partial charge in [0.15, 0.2) is 0 Å². The molecule has 29 heavy (non-hydrogen) atoms. The van der Waals surface area contributed by atoms with E-state index in [9.17, 15) is 14.4 Å². The van der Waals surface area contributed by atoms with Crippen LogP contribution in [-0.2, 0) is 9.59 Å². The summed E-state index contributed by atoms with van der Waals surface area (Å²) < 4.78 is 5.57. The quantitative estimate of drug-likeness (QED) is 0.451. The zero-order chi connectivity index (χ0) is 20.3. The molecule has 3 fully saturated rings. The van der Waals surface area contributed by atoms with Gasteiger partial charge in [0, 0.05) is 0 Å². The normalized spacial score (nSPS) is 27.4. The largest absolute Gasteiger partial charge is 0.423 e. The minimum Gasteiger partial charge on any atom is -0.423 e. The van der Waals surface area contributed by atoms with E-state index in [0.717, 1.165) is 30.4 Å². The number of fused-ring (bicyclic) bond motifs is 5. The molecule has 2 aromatic rings. The average molecular weight is 389 g/mol. The summed E-state index contributed by atoms with van der Waals surface area (Å²) in [6.07, 6.45) is 3.09. The van der Waals surface area contributed by atoms with Gasteiger partial charge < -0.3 is 4.74 Å². The van der Waals surface area contributed by atoms with Gasteiger partial charge in [-0.3, -0.25) is 14.5 Å². The molecule has 2 bridgehead atoms. The number of carbonyl (C=O) groups excluding carboxylic acids is 3. The number of hydrogen-bond acceptors (Lipinski definition) is 4. The van der Waals surface area contributed by atoms with Crippen LogP contribution in [0.25, 0.3) is 0 Å². The van der Waals surface area contributed by atoms with Gasteiger partial charge in [-0.25, -0.2) is 4.79 Å². The molecular formula is C24H23NO4. The summed E-state index contributed by atoms with van der Waals surface area (Å²) in [6, 6.07) is 12.2. The molecule has 5 nitrogen and oxygen atoms in total. The fourth-order valence-electron chi connectivity index (χ4n) is 5.43. The Hall–Kier alpha value is -2.95. The molecule has 2 aliphatic carbocycles. The molecule has 3 aliphatic rings. The Labute approximate surface area is 169 Å². The van der Waals surface area contributed by atoms with Gasteiger partial charge in [-0.05, 0) is 80.3 Å². The maximum Gasteiger partial charge on any atom is 0.343 e. The van der Waals surface area contributed by atoms with Gasteiger partial charge in [0.05, 0.1) is 23.1 Å². The predicted molar refractivity (Wildman–Crippen MR) is 108 cm³/mol. The lowest BCUT2D eigenvalue weighted by Gasteiger charge is -2.19. The first-order valence-electron chi connectivity index (χ1n) is 10.2. The predicted octanol–water partition coefficient (Wildman–Crippen LogP) is 4.06. The smallest absolute Gasteiger partial charge is 0.343 e. The number of nitrogens with zero attached hydrogens (tertiary/aromatic N) is 1. The minimum absolute atomic E-state index is 0.104. The summed E-state index contributed by atoms with van der Waals surface area (Å²) in [5, 5.41) is 0. The zero-order valence-electron chi connectivity index (χ0n) is 16.6. The highest BCUT2D eigenvalue weighted by Gasteiger charge is 2.61. The maximum atomic E-state index is 13.0. The van der Waals surface area contributed by atoms with Crippen molar-refractivity contribution in [1.82, 2.24) is 0 Å². The van der Waals surface area contributed by atoms with Crippen molar-refractivity contribution in [2.75, 3.05) is 4.90 Å². The number of imide groups is 1. The van der Waals surface area contributed by atoms with Crippen molar-refractivity contribution in [1.29, 1.82) is 0 Å². The van der Waals surface area contributed by atoms with E-state index in [-0.39, 0.29) is 23.7 Å². The van der Waals surface area contributed by atoms with Crippen molar-refractivity contribution in [3.63, 3.8) is 0 Å². The lowest BCUT2D eigenvalue weighted by atomic mass is 9.81. The number of ether oxygens (including phenoxy) is 1. The highest BCUT2D eigenvalue weighted by molar-refractivity contribution is 6.22. The van der Waals surface area contributed by atoms with E-state index in [1.807, 2.05) is 26.0 Å². The SMILES string of the molecule is Cc1cccc(OC(=O)c2cccc(N3C(=O)[C@@H]4[C@H]5CC[C@@H](C5)[C@H]4C3=O)c2)c1C. The number of anilines is 1. The van der Waals surface area contributed by atoms with Crippen LogP contribution in [-0.4, -0.2) is 17.8 Å². The number of rotatable bonds is 3. The van der Waals surface area contributed by atoms with E-state index >= 15 is 0 Å².